The zero-order chi connectivity index (χ0) is 16.4. The molecule has 5 heteroatoms. The van der Waals surface area contributed by atoms with E-state index in [4.69, 9.17) is 4.74 Å². The smallest absolute Gasteiger partial charge is 0.258 e. The van der Waals surface area contributed by atoms with Gasteiger partial charge in [0.15, 0.2) is 6.61 Å². The van der Waals surface area contributed by atoms with Gasteiger partial charge in [-0.3, -0.25) is 4.79 Å². The van der Waals surface area contributed by atoms with Crippen molar-refractivity contribution in [3.8, 4) is 5.75 Å². The first-order valence-corrected chi connectivity index (χ1v) is 8.49. The molecule has 2 rings (SSSR count). The van der Waals surface area contributed by atoms with Crippen LogP contribution in [0.15, 0.2) is 28.7 Å². The Morgan fingerprint density at radius 2 is 1.77 bits per heavy atom. The number of quaternary nitrogens is 1. The lowest BCUT2D eigenvalue weighted by atomic mass is 9.79. The van der Waals surface area contributed by atoms with E-state index < -0.39 is 0 Å². The molecule has 1 saturated heterocycles. The molecule has 0 atom stereocenters. The molecular weight excluding hydrogens is 344 g/mol. The van der Waals surface area contributed by atoms with Crippen molar-refractivity contribution in [2.75, 3.05) is 6.61 Å². The Morgan fingerprint density at radius 3 is 2.32 bits per heavy atom. The number of benzene rings is 1. The van der Waals surface area contributed by atoms with Crippen LogP contribution in [0.3, 0.4) is 0 Å². The molecule has 0 unspecified atom stereocenters. The number of nitrogens with one attached hydrogen (secondary N) is 1. The van der Waals surface area contributed by atoms with Crippen LogP contribution in [-0.2, 0) is 4.79 Å². The molecule has 0 saturated carbocycles. The molecule has 1 aromatic carbocycles. The minimum atomic E-state index is -0.0542. The van der Waals surface area contributed by atoms with Crippen LogP contribution in [0.4, 0.5) is 0 Å². The number of hydrogen-bond donors (Lipinski definition) is 2. The molecule has 1 fully saturated rings. The fraction of sp³-hybridized carbons (Fsp3) is 0.588. The predicted octanol–water partition coefficient (Wildman–Crippen LogP) is 2.23. The number of piperidine rings is 1. The van der Waals surface area contributed by atoms with Gasteiger partial charge in [0.1, 0.15) is 5.75 Å². The zero-order valence-corrected chi connectivity index (χ0v) is 15.4. The third-order valence-electron chi connectivity index (χ3n) is 3.88. The van der Waals surface area contributed by atoms with E-state index in [1.165, 1.54) is 0 Å². The quantitative estimate of drug-likeness (QED) is 0.854. The molecule has 1 aliphatic heterocycles. The number of carbonyl (C=O) groups excluding carboxylic acids is 1. The molecule has 3 N–H and O–H groups in total. The third kappa shape index (κ3) is 5.29. The first kappa shape index (κ1) is 17.3. The second-order valence-corrected chi connectivity index (χ2v) is 8.45. The Hall–Kier alpha value is -1.07. The fourth-order valence-electron chi connectivity index (χ4n) is 3.57. The van der Waals surface area contributed by atoms with Gasteiger partial charge in [-0.05, 0) is 52.0 Å². The van der Waals surface area contributed by atoms with Crippen LogP contribution < -0.4 is 15.4 Å². The summed E-state index contributed by atoms with van der Waals surface area (Å²) in [7, 11) is 0. The highest BCUT2D eigenvalue weighted by molar-refractivity contribution is 9.10. The van der Waals surface area contributed by atoms with Gasteiger partial charge in [-0.25, -0.2) is 0 Å². The minimum absolute atomic E-state index is 0.0542. The van der Waals surface area contributed by atoms with E-state index >= 15 is 0 Å². The Balaban J connectivity index is 1.85. The van der Waals surface area contributed by atoms with E-state index in [2.05, 4.69) is 54.3 Å². The zero-order valence-electron chi connectivity index (χ0n) is 13.8. The number of carbonyl (C=O) groups is 1. The Bertz CT molecular complexity index is 510. The largest absolute Gasteiger partial charge is 0.484 e. The molecule has 122 valence electrons. The first-order valence-electron chi connectivity index (χ1n) is 7.70. The van der Waals surface area contributed by atoms with Gasteiger partial charge in [-0.2, -0.15) is 0 Å². The minimum Gasteiger partial charge on any atom is -0.484 e. The fourth-order valence-corrected chi connectivity index (χ4v) is 3.83. The monoisotopic (exact) mass is 369 g/mol. The number of amides is 1. The number of hydrogen-bond acceptors (Lipinski definition) is 2. The highest BCUT2D eigenvalue weighted by Gasteiger charge is 2.42. The van der Waals surface area contributed by atoms with Crippen LogP contribution in [0.2, 0.25) is 0 Å². The van der Waals surface area contributed by atoms with Crippen molar-refractivity contribution >= 4 is 21.8 Å². The highest BCUT2D eigenvalue weighted by Crippen LogP contribution is 2.21. The van der Waals surface area contributed by atoms with Crippen LogP contribution in [-0.4, -0.2) is 29.6 Å². The van der Waals surface area contributed by atoms with Gasteiger partial charge in [0, 0.05) is 23.4 Å². The lowest BCUT2D eigenvalue weighted by Crippen LogP contribution is -3.06. The van der Waals surface area contributed by atoms with Gasteiger partial charge >= 0.3 is 0 Å². The van der Waals surface area contributed by atoms with E-state index in [0.717, 1.165) is 17.3 Å². The van der Waals surface area contributed by atoms with E-state index in [1.54, 1.807) is 0 Å². The van der Waals surface area contributed by atoms with Crippen molar-refractivity contribution in [2.45, 2.75) is 57.7 Å². The highest BCUT2D eigenvalue weighted by atomic mass is 79.9. The topological polar surface area (TPSA) is 54.9 Å². The van der Waals surface area contributed by atoms with Crippen LogP contribution in [0.5, 0.6) is 5.75 Å². The van der Waals surface area contributed by atoms with Crippen molar-refractivity contribution in [3.63, 3.8) is 0 Å². The van der Waals surface area contributed by atoms with Crippen LogP contribution in [0, 0.1) is 0 Å². The van der Waals surface area contributed by atoms with Crippen LogP contribution in [0.1, 0.15) is 40.5 Å². The maximum Gasteiger partial charge on any atom is 0.258 e. The summed E-state index contributed by atoms with van der Waals surface area (Å²) >= 11 is 3.37. The molecule has 22 heavy (non-hydrogen) atoms. The molecule has 0 bridgehead atoms. The van der Waals surface area contributed by atoms with Gasteiger partial charge in [-0.1, -0.05) is 15.9 Å². The molecule has 0 spiro atoms. The predicted molar refractivity (Wildman–Crippen MR) is 90.9 cm³/mol. The van der Waals surface area contributed by atoms with Gasteiger partial charge in [-0.15, -0.1) is 0 Å². The van der Waals surface area contributed by atoms with Gasteiger partial charge < -0.3 is 15.4 Å². The van der Waals surface area contributed by atoms with Gasteiger partial charge in [0.25, 0.3) is 5.91 Å². The summed E-state index contributed by atoms with van der Waals surface area (Å²) in [6.45, 7) is 8.97. The molecule has 1 heterocycles. The number of halogens is 1. The van der Waals surface area contributed by atoms with Crippen molar-refractivity contribution in [3.05, 3.63) is 28.7 Å². The molecule has 1 amide bonds. The molecule has 4 nitrogen and oxygen atoms in total. The summed E-state index contributed by atoms with van der Waals surface area (Å²) in [5, 5.41) is 5.52. The average Bonchev–Trinajstić information content (AvgIpc) is 2.34. The van der Waals surface area contributed by atoms with Crippen molar-refractivity contribution < 1.29 is 14.8 Å². The van der Waals surface area contributed by atoms with Crippen LogP contribution in [0.25, 0.3) is 0 Å². The molecule has 0 radical (unpaired) electrons. The number of ether oxygens (including phenoxy) is 1. The maximum absolute atomic E-state index is 12.1. The molecule has 0 aromatic heterocycles. The van der Waals surface area contributed by atoms with E-state index in [9.17, 15) is 4.79 Å². The van der Waals surface area contributed by atoms with E-state index in [1.807, 2.05) is 24.3 Å². The summed E-state index contributed by atoms with van der Waals surface area (Å²) < 4.78 is 6.52. The van der Waals surface area contributed by atoms with Gasteiger partial charge in [0.2, 0.25) is 0 Å². The van der Waals surface area contributed by atoms with Crippen molar-refractivity contribution in [2.24, 2.45) is 0 Å². The average molecular weight is 370 g/mol. The molecular formula is C17H26BrN2O2+. The Labute approximate surface area is 141 Å². The molecule has 1 aromatic rings. The number of rotatable bonds is 4. The normalized spacial score (nSPS) is 20.4. The summed E-state index contributed by atoms with van der Waals surface area (Å²) in [5.74, 6) is 0.650. The lowest BCUT2D eigenvalue weighted by molar-refractivity contribution is -0.787. The number of nitrogens with two attached hydrogens (primary N) is 1. The first-order chi connectivity index (χ1) is 10.2. The molecule has 0 aliphatic carbocycles. The Kier molecular flexibility index (Phi) is 5.17. The van der Waals surface area contributed by atoms with Crippen LogP contribution >= 0.6 is 15.9 Å². The standard InChI is InChI=1S/C17H25BrN2O2/c1-16(2)9-13(10-17(3,4)20-16)19-15(21)11-22-14-7-5-12(18)6-8-14/h5-8,13,20H,9-11H2,1-4H3,(H,19,21)/p+1. The molecule has 1 aliphatic rings. The second-order valence-electron chi connectivity index (χ2n) is 7.54. The lowest BCUT2D eigenvalue weighted by Gasteiger charge is -2.43. The van der Waals surface area contributed by atoms with Crippen molar-refractivity contribution in [1.82, 2.24) is 5.32 Å². The summed E-state index contributed by atoms with van der Waals surface area (Å²) in [5.41, 5.74) is 0.290. The van der Waals surface area contributed by atoms with E-state index in [-0.39, 0.29) is 29.6 Å². The third-order valence-corrected chi connectivity index (χ3v) is 4.40. The summed E-state index contributed by atoms with van der Waals surface area (Å²) in [6.07, 6.45) is 1.95. The Morgan fingerprint density at radius 1 is 1.23 bits per heavy atom. The SMILES string of the molecule is CC1(C)CC(NC(=O)COc2ccc(Br)cc2)CC(C)(C)[NH2+]1. The van der Waals surface area contributed by atoms with Gasteiger partial charge in [0.05, 0.1) is 11.1 Å². The summed E-state index contributed by atoms with van der Waals surface area (Å²) in [6, 6.07) is 7.69. The maximum atomic E-state index is 12.1. The van der Waals surface area contributed by atoms with E-state index in [0.29, 0.717) is 5.75 Å². The van der Waals surface area contributed by atoms with Crippen molar-refractivity contribution in [1.29, 1.82) is 0 Å². The summed E-state index contributed by atoms with van der Waals surface area (Å²) in [4.78, 5) is 12.1. The second kappa shape index (κ2) is 6.59.